The Morgan fingerprint density at radius 1 is 1.16 bits per heavy atom. The fourth-order valence-corrected chi connectivity index (χ4v) is 2.53. The van der Waals surface area contributed by atoms with Crippen LogP contribution < -0.4 is 5.56 Å². The highest BCUT2D eigenvalue weighted by Gasteiger charge is 2.29. The van der Waals surface area contributed by atoms with Gasteiger partial charge in [0.1, 0.15) is 0 Å². The minimum Gasteiger partial charge on any atom is -0.391 e. The molecule has 3 rings (SSSR count). The Balaban J connectivity index is 1.73. The molecule has 1 atom stereocenters. The van der Waals surface area contributed by atoms with Crippen molar-refractivity contribution in [1.29, 1.82) is 0 Å². The van der Waals surface area contributed by atoms with Crippen molar-refractivity contribution in [3.8, 4) is 0 Å². The summed E-state index contributed by atoms with van der Waals surface area (Å²) in [4.78, 5) is 20.3. The summed E-state index contributed by atoms with van der Waals surface area (Å²) in [6, 6.07) is 6.12. The number of rotatable bonds is 4. The van der Waals surface area contributed by atoms with Crippen LogP contribution in [0.15, 0.2) is 53.8 Å². The minimum absolute atomic E-state index is 0.00881. The molecule has 5 nitrogen and oxygen atoms in total. The predicted molar refractivity (Wildman–Crippen MR) is 85.0 cm³/mol. The number of alkyl halides is 3. The second kappa shape index (κ2) is 6.64. The molecular weight excluding hydrogens is 335 g/mol. The van der Waals surface area contributed by atoms with Crippen LogP contribution in [-0.2, 0) is 19.1 Å². The van der Waals surface area contributed by atoms with Crippen molar-refractivity contribution >= 4 is 10.9 Å². The molecule has 0 aliphatic rings. The molecule has 0 saturated heterocycles. The van der Waals surface area contributed by atoms with Crippen molar-refractivity contribution in [2.24, 2.45) is 0 Å². The molecule has 1 aromatic carbocycles. The third-order valence-corrected chi connectivity index (χ3v) is 3.79. The summed E-state index contributed by atoms with van der Waals surface area (Å²) >= 11 is 0. The van der Waals surface area contributed by atoms with Gasteiger partial charge in [0.25, 0.3) is 5.56 Å². The molecule has 2 aromatic heterocycles. The third kappa shape index (κ3) is 3.85. The molecule has 1 unspecified atom stereocenters. The maximum absolute atomic E-state index is 12.5. The number of hydrogen-bond donors (Lipinski definition) is 1. The SMILES string of the molecule is O=c1c2ccncc2ncn1CC(O)Cc1ccc(C(F)(F)F)cc1. The molecule has 3 aromatic rings. The largest absolute Gasteiger partial charge is 0.416 e. The molecule has 130 valence electrons. The fraction of sp³-hybridized carbons (Fsp3) is 0.235. The smallest absolute Gasteiger partial charge is 0.391 e. The van der Waals surface area contributed by atoms with Gasteiger partial charge >= 0.3 is 6.18 Å². The number of nitrogens with zero attached hydrogens (tertiary/aromatic N) is 3. The van der Waals surface area contributed by atoms with E-state index in [0.717, 1.165) is 12.1 Å². The molecule has 2 heterocycles. The number of hydrogen-bond acceptors (Lipinski definition) is 4. The molecule has 25 heavy (non-hydrogen) atoms. The highest BCUT2D eigenvalue weighted by atomic mass is 19.4. The Morgan fingerprint density at radius 2 is 1.88 bits per heavy atom. The van der Waals surface area contributed by atoms with Gasteiger partial charge in [0.05, 0.1) is 41.6 Å². The van der Waals surface area contributed by atoms with Gasteiger partial charge in [-0.05, 0) is 23.8 Å². The number of benzene rings is 1. The molecule has 0 spiro atoms. The van der Waals surface area contributed by atoms with E-state index in [1.807, 2.05) is 0 Å². The van der Waals surface area contributed by atoms with Gasteiger partial charge in [-0.15, -0.1) is 0 Å². The Labute approximate surface area is 140 Å². The zero-order chi connectivity index (χ0) is 18.0. The van der Waals surface area contributed by atoms with Crippen LogP contribution in [0.4, 0.5) is 13.2 Å². The van der Waals surface area contributed by atoms with Gasteiger partial charge in [-0.1, -0.05) is 12.1 Å². The van der Waals surface area contributed by atoms with Crippen molar-refractivity contribution in [3.63, 3.8) is 0 Å². The van der Waals surface area contributed by atoms with Gasteiger partial charge in [0.2, 0.25) is 0 Å². The number of fused-ring (bicyclic) bond motifs is 1. The third-order valence-electron chi connectivity index (χ3n) is 3.79. The number of aromatic nitrogens is 3. The maximum atomic E-state index is 12.5. The normalized spacial score (nSPS) is 13.1. The van der Waals surface area contributed by atoms with Crippen molar-refractivity contribution in [3.05, 3.63) is 70.5 Å². The van der Waals surface area contributed by atoms with E-state index >= 15 is 0 Å². The van der Waals surface area contributed by atoms with E-state index in [1.165, 1.54) is 35.4 Å². The van der Waals surface area contributed by atoms with Crippen LogP contribution in [0.3, 0.4) is 0 Å². The maximum Gasteiger partial charge on any atom is 0.416 e. The molecule has 0 fully saturated rings. The summed E-state index contributed by atoms with van der Waals surface area (Å²) < 4.78 is 38.9. The van der Waals surface area contributed by atoms with Crippen molar-refractivity contribution in [2.45, 2.75) is 25.2 Å². The van der Waals surface area contributed by atoms with E-state index in [9.17, 15) is 23.1 Å². The average Bonchev–Trinajstić information content (AvgIpc) is 2.57. The lowest BCUT2D eigenvalue weighted by atomic mass is 10.1. The first kappa shape index (κ1) is 17.1. The fourth-order valence-electron chi connectivity index (χ4n) is 2.53. The van der Waals surface area contributed by atoms with Crippen LogP contribution in [0.5, 0.6) is 0 Å². The van der Waals surface area contributed by atoms with E-state index in [1.54, 1.807) is 6.07 Å². The van der Waals surface area contributed by atoms with Gasteiger partial charge in [-0.3, -0.25) is 14.3 Å². The van der Waals surface area contributed by atoms with Crippen LogP contribution in [0.1, 0.15) is 11.1 Å². The molecule has 0 saturated carbocycles. The zero-order valence-corrected chi connectivity index (χ0v) is 12.9. The number of pyridine rings is 1. The quantitative estimate of drug-likeness (QED) is 0.785. The highest BCUT2D eigenvalue weighted by molar-refractivity contribution is 5.75. The van der Waals surface area contributed by atoms with Gasteiger partial charge in [-0.2, -0.15) is 13.2 Å². The van der Waals surface area contributed by atoms with Crippen LogP contribution in [0, 0.1) is 0 Å². The van der Waals surface area contributed by atoms with E-state index in [2.05, 4.69) is 9.97 Å². The van der Waals surface area contributed by atoms with Gasteiger partial charge < -0.3 is 5.11 Å². The molecule has 8 heteroatoms. The molecule has 0 bridgehead atoms. The van der Waals surface area contributed by atoms with Gasteiger partial charge in [0, 0.05) is 12.6 Å². The molecule has 0 aliphatic heterocycles. The lowest BCUT2D eigenvalue weighted by Crippen LogP contribution is -2.28. The summed E-state index contributed by atoms with van der Waals surface area (Å²) in [7, 11) is 0. The second-order valence-electron chi connectivity index (χ2n) is 5.65. The van der Waals surface area contributed by atoms with Crippen LogP contribution >= 0.6 is 0 Å². The van der Waals surface area contributed by atoms with E-state index in [0.29, 0.717) is 16.5 Å². The Morgan fingerprint density at radius 3 is 2.56 bits per heavy atom. The summed E-state index contributed by atoms with van der Waals surface area (Å²) in [6.07, 6.45) is -0.929. The lowest BCUT2D eigenvalue weighted by Gasteiger charge is -2.13. The van der Waals surface area contributed by atoms with Gasteiger partial charge in [0.15, 0.2) is 0 Å². The Bertz CT molecular complexity index is 936. The van der Waals surface area contributed by atoms with Crippen molar-refractivity contribution < 1.29 is 18.3 Å². The van der Waals surface area contributed by atoms with E-state index in [-0.39, 0.29) is 18.5 Å². The minimum atomic E-state index is -4.39. The molecule has 0 amide bonds. The molecule has 0 radical (unpaired) electrons. The molecule has 1 N–H and O–H groups in total. The first-order valence-corrected chi connectivity index (χ1v) is 7.48. The molecular formula is C17H14F3N3O2. The van der Waals surface area contributed by atoms with E-state index in [4.69, 9.17) is 0 Å². The summed E-state index contributed by atoms with van der Waals surface area (Å²) in [5.41, 5.74) is -0.0411. The van der Waals surface area contributed by atoms with Gasteiger partial charge in [-0.25, -0.2) is 4.98 Å². The van der Waals surface area contributed by atoms with Crippen molar-refractivity contribution in [1.82, 2.24) is 14.5 Å². The number of aliphatic hydroxyl groups is 1. The topological polar surface area (TPSA) is 68.0 Å². The van der Waals surface area contributed by atoms with Crippen LogP contribution in [0.25, 0.3) is 10.9 Å². The number of aliphatic hydroxyl groups excluding tert-OH is 1. The first-order chi connectivity index (χ1) is 11.8. The summed E-state index contributed by atoms with van der Waals surface area (Å²) in [6.45, 7) is -0.00881. The standard InChI is InChI=1S/C17H14F3N3O2/c18-17(19,20)12-3-1-11(2-4-12)7-13(24)9-23-10-22-15-8-21-6-5-14(15)16(23)25/h1-6,8,10,13,24H,7,9H2. The molecule has 0 aliphatic carbocycles. The van der Waals surface area contributed by atoms with E-state index < -0.39 is 17.8 Å². The average molecular weight is 349 g/mol. The first-order valence-electron chi connectivity index (χ1n) is 7.48. The summed E-state index contributed by atoms with van der Waals surface area (Å²) in [5.74, 6) is 0. The van der Waals surface area contributed by atoms with Crippen LogP contribution in [-0.4, -0.2) is 25.7 Å². The monoisotopic (exact) mass is 349 g/mol. The zero-order valence-electron chi connectivity index (χ0n) is 12.9. The number of halogens is 3. The van der Waals surface area contributed by atoms with Crippen LogP contribution in [0.2, 0.25) is 0 Å². The highest BCUT2D eigenvalue weighted by Crippen LogP contribution is 2.29. The Hall–Kier alpha value is -2.74. The Kier molecular flexibility index (Phi) is 4.54. The van der Waals surface area contributed by atoms with Crippen molar-refractivity contribution in [2.75, 3.05) is 0 Å². The predicted octanol–water partition coefficient (Wildman–Crippen LogP) is 2.41. The second-order valence-corrected chi connectivity index (χ2v) is 5.65. The summed E-state index contributed by atoms with van der Waals surface area (Å²) in [5, 5.41) is 10.5. The lowest BCUT2D eigenvalue weighted by molar-refractivity contribution is -0.137.